The van der Waals surface area contributed by atoms with Crippen LogP contribution in [-0.4, -0.2) is 0 Å². The highest BCUT2D eigenvalue weighted by Crippen LogP contribution is 2.37. The van der Waals surface area contributed by atoms with Gasteiger partial charge < -0.3 is 11.5 Å². The van der Waals surface area contributed by atoms with Crippen LogP contribution in [0.2, 0.25) is 0 Å². The van der Waals surface area contributed by atoms with Crippen molar-refractivity contribution in [3.63, 3.8) is 0 Å². The molecule has 0 aromatic carbocycles. The van der Waals surface area contributed by atoms with Gasteiger partial charge in [-0.2, -0.15) is 10.5 Å². The standard InChI is InChI=1S/C12H22.2CH2N2/c1-3-7-11(8-4-1)12-9-5-2-6-10-12;2*2-1-3/h11-12H,1-10H2;2*2H2. The number of hydrogen-bond donors (Lipinski definition) is 2. The summed E-state index contributed by atoms with van der Waals surface area (Å²) in [4.78, 5) is 0. The molecule has 0 unspecified atom stereocenters. The lowest BCUT2D eigenvalue weighted by Gasteiger charge is -2.32. The second-order valence-corrected chi connectivity index (χ2v) is 5.05. The topological polar surface area (TPSA) is 99.6 Å². The average Bonchev–Trinajstić information content (AvgIpc) is 2.43. The maximum absolute atomic E-state index is 7.10. The van der Waals surface area contributed by atoms with Crippen LogP contribution in [0.3, 0.4) is 0 Å². The van der Waals surface area contributed by atoms with Gasteiger partial charge in [0.1, 0.15) is 0 Å². The fourth-order valence-corrected chi connectivity index (χ4v) is 3.21. The van der Waals surface area contributed by atoms with E-state index in [1.165, 1.54) is 50.9 Å². The zero-order chi connectivity index (χ0) is 13.6. The molecule has 0 atom stereocenters. The first kappa shape index (κ1) is 16.6. The molecule has 0 saturated heterocycles. The number of rotatable bonds is 1. The minimum Gasteiger partial charge on any atom is -0.337 e. The number of hydrogen-bond acceptors (Lipinski definition) is 4. The third-order valence-corrected chi connectivity index (χ3v) is 3.97. The fourth-order valence-electron chi connectivity index (χ4n) is 3.21. The Morgan fingerprint density at radius 3 is 1.06 bits per heavy atom. The largest absolute Gasteiger partial charge is 0.337 e. The molecule has 0 spiro atoms. The lowest BCUT2D eigenvalue weighted by molar-refractivity contribution is 0.196. The van der Waals surface area contributed by atoms with Crippen LogP contribution in [0.25, 0.3) is 0 Å². The Hall–Kier alpha value is -1.42. The van der Waals surface area contributed by atoms with Crippen LogP contribution in [0.4, 0.5) is 0 Å². The molecule has 0 aromatic heterocycles. The van der Waals surface area contributed by atoms with Crippen LogP contribution in [0.15, 0.2) is 0 Å². The summed E-state index contributed by atoms with van der Waals surface area (Å²) in [5.41, 5.74) is 8.31. The van der Waals surface area contributed by atoms with Gasteiger partial charge in [0.2, 0.25) is 0 Å². The quantitative estimate of drug-likeness (QED) is 0.552. The lowest BCUT2D eigenvalue weighted by Crippen LogP contribution is -2.20. The zero-order valence-electron chi connectivity index (χ0n) is 11.3. The molecule has 102 valence electrons. The van der Waals surface area contributed by atoms with E-state index in [9.17, 15) is 0 Å². The van der Waals surface area contributed by atoms with Crippen molar-refractivity contribution in [2.45, 2.75) is 64.2 Å². The van der Waals surface area contributed by atoms with Crippen LogP contribution in [0.1, 0.15) is 64.2 Å². The molecule has 0 aliphatic heterocycles. The van der Waals surface area contributed by atoms with Gasteiger partial charge in [-0.1, -0.05) is 64.2 Å². The van der Waals surface area contributed by atoms with Crippen molar-refractivity contribution >= 4 is 0 Å². The van der Waals surface area contributed by atoms with Crippen molar-refractivity contribution < 1.29 is 0 Å². The summed E-state index contributed by atoms with van der Waals surface area (Å²) in [5.74, 6) is 2.28. The Balaban J connectivity index is 0.000000414. The molecule has 2 aliphatic rings. The molecule has 4 heteroatoms. The van der Waals surface area contributed by atoms with Crippen molar-refractivity contribution in [2.75, 3.05) is 0 Å². The molecule has 0 heterocycles. The van der Waals surface area contributed by atoms with E-state index in [4.69, 9.17) is 10.5 Å². The minimum absolute atomic E-state index is 1.14. The summed E-state index contributed by atoms with van der Waals surface area (Å²) in [6.07, 6.45) is 17.9. The summed E-state index contributed by atoms with van der Waals surface area (Å²) in [6.45, 7) is 0. The third-order valence-electron chi connectivity index (χ3n) is 3.97. The third kappa shape index (κ3) is 7.79. The lowest BCUT2D eigenvalue weighted by atomic mass is 9.73. The fraction of sp³-hybridized carbons (Fsp3) is 0.857. The Morgan fingerprint density at radius 1 is 0.611 bits per heavy atom. The van der Waals surface area contributed by atoms with Gasteiger partial charge in [0.15, 0.2) is 12.4 Å². The van der Waals surface area contributed by atoms with Gasteiger partial charge in [-0.25, -0.2) is 0 Å². The summed E-state index contributed by atoms with van der Waals surface area (Å²) in [6, 6.07) is 0. The highest BCUT2D eigenvalue weighted by molar-refractivity contribution is 4.76. The number of nitriles is 2. The van der Waals surface area contributed by atoms with E-state index in [0.717, 1.165) is 11.8 Å². The van der Waals surface area contributed by atoms with Gasteiger partial charge in [0.05, 0.1) is 0 Å². The van der Waals surface area contributed by atoms with E-state index in [0.29, 0.717) is 0 Å². The Bertz CT molecular complexity index is 224. The molecule has 2 fully saturated rings. The molecule has 2 saturated carbocycles. The second kappa shape index (κ2) is 12.0. The molecule has 0 radical (unpaired) electrons. The molecular weight excluding hydrogens is 224 g/mol. The SMILES string of the molecule is C1CCC(C2CCCCC2)CC1.N#CN.N#CN. The summed E-state index contributed by atoms with van der Waals surface area (Å²) < 4.78 is 0. The van der Waals surface area contributed by atoms with Gasteiger partial charge >= 0.3 is 0 Å². The molecular formula is C14H26N4. The number of nitrogens with two attached hydrogens (primary N) is 2. The molecule has 2 rings (SSSR count). The van der Waals surface area contributed by atoms with Crippen molar-refractivity contribution in [3.05, 3.63) is 0 Å². The van der Waals surface area contributed by atoms with E-state index >= 15 is 0 Å². The van der Waals surface area contributed by atoms with Gasteiger partial charge in [-0.3, -0.25) is 0 Å². The smallest absolute Gasteiger partial charge is 0.173 e. The first-order valence-electron chi connectivity index (χ1n) is 6.99. The van der Waals surface area contributed by atoms with E-state index in [1.54, 1.807) is 25.7 Å². The van der Waals surface area contributed by atoms with E-state index in [1.807, 2.05) is 0 Å². The van der Waals surface area contributed by atoms with Crippen molar-refractivity contribution in [1.82, 2.24) is 0 Å². The summed E-state index contributed by atoms with van der Waals surface area (Å²) in [5, 5.41) is 14.2. The molecule has 2 aliphatic carbocycles. The zero-order valence-corrected chi connectivity index (χ0v) is 11.3. The molecule has 0 aromatic rings. The van der Waals surface area contributed by atoms with E-state index < -0.39 is 0 Å². The average molecular weight is 250 g/mol. The van der Waals surface area contributed by atoms with Crippen molar-refractivity contribution in [3.8, 4) is 12.4 Å². The summed E-state index contributed by atoms with van der Waals surface area (Å²) in [7, 11) is 0. The Morgan fingerprint density at radius 2 is 0.833 bits per heavy atom. The van der Waals surface area contributed by atoms with E-state index in [2.05, 4.69) is 11.5 Å². The van der Waals surface area contributed by atoms with Crippen LogP contribution in [-0.2, 0) is 0 Å². The van der Waals surface area contributed by atoms with Crippen LogP contribution in [0.5, 0.6) is 0 Å². The molecule has 4 nitrogen and oxygen atoms in total. The monoisotopic (exact) mass is 250 g/mol. The van der Waals surface area contributed by atoms with Crippen LogP contribution < -0.4 is 11.5 Å². The highest BCUT2D eigenvalue weighted by Gasteiger charge is 2.24. The Labute approximate surface area is 111 Å². The first-order chi connectivity index (χ1) is 8.79. The first-order valence-corrected chi connectivity index (χ1v) is 6.99. The van der Waals surface area contributed by atoms with Crippen molar-refractivity contribution in [1.29, 1.82) is 10.5 Å². The maximum Gasteiger partial charge on any atom is 0.173 e. The highest BCUT2D eigenvalue weighted by atomic mass is 14.5. The molecule has 0 amide bonds. The molecule has 0 bridgehead atoms. The maximum atomic E-state index is 7.10. The second-order valence-electron chi connectivity index (χ2n) is 5.05. The molecule has 18 heavy (non-hydrogen) atoms. The minimum atomic E-state index is 1.14. The predicted molar refractivity (Wildman–Crippen MR) is 72.8 cm³/mol. The number of nitrogens with zero attached hydrogens (tertiary/aromatic N) is 2. The van der Waals surface area contributed by atoms with E-state index in [-0.39, 0.29) is 0 Å². The van der Waals surface area contributed by atoms with Gasteiger partial charge in [-0.15, -0.1) is 0 Å². The van der Waals surface area contributed by atoms with Gasteiger partial charge in [0.25, 0.3) is 0 Å². The Kier molecular flexibility index (Phi) is 11.1. The van der Waals surface area contributed by atoms with Crippen LogP contribution in [0, 0.1) is 34.7 Å². The van der Waals surface area contributed by atoms with Crippen molar-refractivity contribution in [2.24, 2.45) is 23.3 Å². The predicted octanol–water partition coefficient (Wildman–Crippen LogP) is 3.00. The molecule has 4 N–H and O–H groups in total. The van der Waals surface area contributed by atoms with Crippen LogP contribution >= 0.6 is 0 Å². The van der Waals surface area contributed by atoms with Gasteiger partial charge in [0, 0.05) is 0 Å². The normalized spacial score (nSPS) is 20.1. The summed E-state index contributed by atoms with van der Waals surface area (Å²) >= 11 is 0. The van der Waals surface area contributed by atoms with Gasteiger partial charge in [-0.05, 0) is 11.8 Å².